The van der Waals surface area contributed by atoms with Crippen LogP contribution in [0.4, 0.5) is 5.69 Å². The maximum absolute atomic E-state index is 12.6. The van der Waals surface area contributed by atoms with E-state index < -0.39 is 6.10 Å². The Balaban J connectivity index is 2.13. The molecule has 1 atom stereocenters. The fraction of sp³-hybridized carbons (Fsp3) is 0.579. The Hall–Kier alpha value is -1.88. The van der Waals surface area contributed by atoms with Crippen molar-refractivity contribution in [1.82, 2.24) is 5.32 Å². The monoisotopic (exact) mass is 332 g/mol. The highest BCUT2D eigenvalue weighted by atomic mass is 16.3. The zero-order valence-corrected chi connectivity index (χ0v) is 14.8. The number of hydrogen-bond acceptors (Lipinski definition) is 3. The molecule has 132 valence electrons. The number of nitrogens with one attached hydrogen (secondary N) is 1. The predicted molar refractivity (Wildman–Crippen MR) is 95.2 cm³/mol. The second kappa shape index (κ2) is 8.29. The lowest BCUT2D eigenvalue weighted by molar-refractivity contribution is -0.117. The van der Waals surface area contributed by atoms with E-state index in [1.807, 2.05) is 32.9 Å². The molecule has 5 nitrogen and oxygen atoms in total. The van der Waals surface area contributed by atoms with Crippen molar-refractivity contribution in [3.05, 3.63) is 29.3 Å². The van der Waals surface area contributed by atoms with Gasteiger partial charge < -0.3 is 15.3 Å². The summed E-state index contributed by atoms with van der Waals surface area (Å²) in [5, 5.41) is 13.0. The summed E-state index contributed by atoms with van der Waals surface area (Å²) in [5.41, 5.74) is 2.13. The molecule has 0 aromatic heterocycles. The first kappa shape index (κ1) is 18.5. The van der Waals surface area contributed by atoms with Gasteiger partial charge in [0.15, 0.2) is 0 Å². The summed E-state index contributed by atoms with van der Waals surface area (Å²) in [4.78, 5) is 26.3. The number of carbonyl (C=O) groups is 2. The molecule has 1 aliphatic rings. The molecule has 0 aliphatic carbocycles. The van der Waals surface area contributed by atoms with Gasteiger partial charge in [-0.05, 0) is 31.4 Å². The Labute approximate surface area is 144 Å². The molecule has 24 heavy (non-hydrogen) atoms. The molecular weight excluding hydrogens is 304 g/mol. The molecule has 1 saturated heterocycles. The van der Waals surface area contributed by atoms with Crippen molar-refractivity contribution in [2.45, 2.75) is 52.6 Å². The van der Waals surface area contributed by atoms with Crippen LogP contribution in [0.15, 0.2) is 18.2 Å². The lowest BCUT2D eigenvalue weighted by atomic mass is 9.96. The predicted octanol–water partition coefficient (Wildman–Crippen LogP) is 2.65. The van der Waals surface area contributed by atoms with E-state index in [-0.39, 0.29) is 24.3 Å². The van der Waals surface area contributed by atoms with E-state index in [1.54, 1.807) is 11.0 Å². The van der Waals surface area contributed by atoms with Gasteiger partial charge in [0.2, 0.25) is 5.91 Å². The van der Waals surface area contributed by atoms with Crippen LogP contribution in [0.5, 0.6) is 0 Å². The molecule has 1 aliphatic heterocycles. The number of aliphatic hydroxyl groups excluding tert-OH is 1. The van der Waals surface area contributed by atoms with Gasteiger partial charge in [0, 0.05) is 19.5 Å². The minimum atomic E-state index is -0.550. The lowest BCUT2D eigenvalue weighted by Gasteiger charge is -2.22. The summed E-state index contributed by atoms with van der Waals surface area (Å²) >= 11 is 0. The molecule has 0 saturated carbocycles. The normalized spacial score (nSPS) is 15.9. The van der Waals surface area contributed by atoms with Crippen molar-refractivity contribution in [1.29, 1.82) is 0 Å². The largest absolute Gasteiger partial charge is 0.391 e. The lowest BCUT2D eigenvalue weighted by Crippen LogP contribution is -2.37. The highest BCUT2D eigenvalue weighted by Crippen LogP contribution is 2.26. The average Bonchev–Trinajstić information content (AvgIpc) is 2.99. The van der Waals surface area contributed by atoms with E-state index in [1.165, 1.54) is 0 Å². The fourth-order valence-corrected chi connectivity index (χ4v) is 3.26. The number of hydrogen-bond donors (Lipinski definition) is 2. The Morgan fingerprint density at radius 3 is 2.62 bits per heavy atom. The molecule has 5 heteroatoms. The van der Waals surface area contributed by atoms with E-state index in [4.69, 9.17) is 0 Å². The highest BCUT2D eigenvalue weighted by Gasteiger charge is 2.26. The van der Waals surface area contributed by atoms with Gasteiger partial charge in [-0.25, -0.2) is 0 Å². The average molecular weight is 332 g/mol. The van der Waals surface area contributed by atoms with Crippen LogP contribution in [0.1, 0.15) is 55.5 Å². The van der Waals surface area contributed by atoms with E-state index in [9.17, 15) is 14.7 Å². The van der Waals surface area contributed by atoms with E-state index in [0.717, 1.165) is 24.8 Å². The van der Waals surface area contributed by atoms with Crippen molar-refractivity contribution in [2.24, 2.45) is 5.92 Å². The summed E-state index contributed by atoms with van der Waals surface area (Å²) in [7, 11) is 0. The number of anilines is 1. The van der Waals surface area contributed by atoms with Crippen LogP contribution in [0.3, 0.4) is 0 Å². The molecular formula is C19H28N2O3. The summed E-state index contributed by atoms with van der Waals surface area (Å²) in [6.07, 6.45) is 2.56. The minimum absolute atomic E-state index is 0.0602. The topological polar surface area (TPSA) is 69.6 Å². The number of benzene rings is 1. The van der Waals surface area contributed by atoms with Crippen LogP contribution < -0.4 is 10.2 Å². The summed E-state index contributed by atoms with van der Waals surface area (Å²) in [6, 6.07) is 5.56. The van der Waals surface area contributed by atoms with E-state index in [0.29, 0.717) is 24.2 Å². The zero-order chi connectivity index (χ0) is 17.7. The summed E-state index contributed by atoms with van der Waals surface area (Å²) in [6.45, 7) is 6.88. The fourth-order valence-electron chi connectivity index (χ4n) is 3.26. The number of carbonyl (C=O) groups excluding carboxylic acids is 2. The van der Waals surface area contributed by atoms with Gasteiger partial charge in [0.25, 0.3) is 5.91 Å². The Bertz CT molecular complexity index is 596. The van der Waals surface area contributed by atoms with Gasteiger partial charge in [-0.3, -0.25) is 9.59 Å². The first-order valence-electron chi connectivity index (χ1n) is 8.85. The number of aliphatic hydroxyl groups is 1. The number of rotatable bonds is 7. The van der Waals surface area contributed by atoms with Gasteiger partial charge >= 0.3 is 0 Å². The van der Waals surface area contributed by atoms with Gasteiger partial charge in [0.05, 0.1) is 17.4 Å². The summed E-state index contributed by atoms with van der Waals surface area (Å²) < 4.78 is 0. The van der Waals surface area contributed by atoms with Crippen LogP contribution in [0.2, 0.25) is 0 Å². The second-order valence-electron chi connectivity index (χ2n) is 6.52. The van der Waals surface area contributed by atoms with Crippen LogP contribution in [0.25, 0.3) is 0 Å². The van der Waals surface area contributed by atoms with Crippen LogP contribution in [0, 0.1) is 12.8 Å². The van der Waals surface area contributed by atoms with E-state index in [2.05, 4.69) is 5.32 Å². The minimum Gasteiger partial charge on any atom is -0.391 e. The molecule has 0 spiro atoms. The zero-order valence-electron chi connectivity index (χ0n) is 14.8. The third-order valence-corrected chi connectivity index (χ3v) is 4.83. The number of nitrogens with zero attached hydrogens (tertiary/aromatic N) is 1. The van der Waals surface area contributed by atoms with Crippen LogP contribution in [-0.4, -0.2) is 36.1 Å². The molecule has 2 rings (SSSR count). The second-order valence-corrected chi connectivity index (χ2v) is 6.52. The molecule has 1 heterocycles. The first-order chi connectivity index (χ1) is 11.5. The molecule has 1 unspecified atom stereocenters. The van der Waals surface area contributed by atoms with Crippen molar-refractivity contribution in [3.8, 4) is 0 Å². The van der Waals surface area contributed by atoms with Gasteiger partial charge in [-0.15, -0.1) is 0 Å². The molecule has 0 bridgehead atoms. The number of amides is 2. The van der Waals surface area contributed by atoms with Crippen LogP contribution >= 0.6 is 0 Å². The standard InChI is InChI=1S/C19H28N2O3/c1-4-14(5-2)17(22)12-20-19(24)15-11-13(3)8-9-16(15)21-10-6-7-18(21)23/h8-9,11,14,17,22H,4-7,10,12H2,1-3H3,(H,20,24). The molecule has 2 N–H and O–H groups in total. The van der Waals surface area contributed by atoms with Crippen molar-refractivity contribution < 1.29 is 14.7 Å². The maximum Gasteiger partial charge on any atom is 0.253 e. The Kier molecular flexibility index (Phi) is 6.37. The number of aryl methyl sites for hydroxylation is 1. The molecule has 1 fully saturated rings. The van der Waals surface area contributed by atoms with Crippen molar-refractivity contribution >= 4 is 17.5 Å². The SMILES string of the molecule is CCC(CC)C(O)CNC(=O)c1cc(C)ccc1N1CCCC1=O. The van der Waals surface area contributed by atoms with Gasteiger partial charge in [-0.1, -0.05) is 38.3 Å². The smallest absolute Gasteiger partial charge is 0.253 e. The molecule has 2 amide bonds. The third-order valence-electron chi connectivity index (χ3n) is 4.83. The van der Waals surface area contributed by atoms with Crippen molar-refractivity contribution in [2.75, 3.05) is 18.0 Å². The molecule has 1 aromatic carbocycles. The van der Waals surface area contributed by atoms with Gasteiger partial charge in [0.1, 0.15) is 0 Å². The third kappa shape index (κ3) is 4.15. The van der Waals surface area contributed by atoms with Gasteiger partial charge in [-0.2, -0.15) is 0 Å². The molecule has 0 radical (unpaired) electrons. The summed E-state index contributed by atoms with van der Waals surface area (Å²) in [5.74, 6) is 0.00538. The quantitative estimate of drug-likeness (QED) is 0.806. The molecule has 1 aromatic rings. The highest BCUT2D eigenvalue weighted by molar-refractivity contribution is 6.05. The van der Waals surface area contributed by atoms with Crippen LogP contribution in [-0.2, 0) is 4.79 Å². The Morgan fingerprint density at radius 2 is 2.04 bits per heavy atom. The maximum atomic E-state index is 12.6. The Morgan fingerprint density at radius 1 is 1.33 bits per heavy atom. The van der Waals surface area contributed by atoms with Crippen molar-refractivity contribution in [3.63, 3.8) is 0 Å². The van der Waals surface area contributed by atoms with E-state index >= 15 is 0 Å². The first-order valence-corrected chi connectivity index (χ1v) is 8.85.